The second-order valence-electron chi connectivity index (χ2n) is 2.41. The third-order valence-corrected chi connectivity index (χ3v) is 1.41. The second kappa shape index (κ2) is 4.20. The van der Waals surface area contributed by atoms with Gasteiger partial charge in [-0.15, -0.1) is 0 Å². The third-order valence-electron chi connectivity index (χ3n) is 1.41. The first kappa shape index (κ1) is 9.18. The van der Waals surface area contributed by atoms with Gasteiger partial charge in [0, 0.05) is 18.0 Å². The number of nitrogens with two attached hydrogens (primary N) is 1. The van der Waals surface area contributed by atoms with Gasteiger partial charge >= 0.3 is 6.03 Å². The molecule has 5 nitrogen and oxygen atoms in total. The van der Waals surface area contributed by atoms with Crippen LogP contribution < -0.4 is 11.2 Å². The van der Waals surface area contributed by atoms with E-state index in [-0.39, 0.29) is 0 Å². The molecule has 1 aromatic heterocycles. The molecule has 0 spiro atoms. The number of carbonyl (C=O) groups is 1. The summed E-state index contributed by atoms with van der Waals surface area (Å²) in [7, 11) is 0. The Morgan fingerprint density at radius 2 is 2.46 bits per heavy atom. The van der Waals surface area contributed by atoms with E-state index in [2.05, 4.69) is 15.5 Å². The van der Waals surface area contributed by atoms with Gasteiger partial charge in [0.25, 0.3) is 0 Å². The van der Waals surface area contributed by atoms with Gasteiger partial charge in [0.1, 0.15) is 0 Å². The number of nitrogens with zero attached hydrogens (tertiary/aromatic N) is 2. The lowest BCUT2D eigenvalue weighted by atomic mass is 10.2. The number of urea groups is 1. The van der Waals surface area contributed by atoms with E-state index >= 15 is 0 Å². The number of nitrogens with one attached hydrogen (secondary N) is 1. The largest absolute Gasteiger partial charge is 0.350 e. The molecule has 0 aliphatic rings. The minimum Gasteiger partial charge on any atom is -0.350 e. The van der Waals surface area contributed by atoms with Crippen molar-refractivity contribution in [2.24, 2.45) is 10.8 Å². The maximum Gasteiger partial charge on any atom is 0.332 e. The zero-order chi connectivity index (χ0) is 9.68. The number of amides is 2. The Morgan fingerprint density at radius 3 is 3.00 bits per heavy atom. The van der Waals surface area contributed by atoms with Crippen LogP contribution in [0.5, 0.6) is 0 Å². The number of hydrogen-bond donors (Lipinski definition) is 2. The summed E-state index contributed by atoms with van der Waals surface area (Å²) in [4.78, 5) is 14.2. The lowest BCUT2D eigenvalue weighted by molar-refractivity contribution is 0.249. The van der Waals surface area contributed by atoms with E-state index in [4.69, 9.17) is 5.73 Å². The number of primary amides is 1. The molecule has 0 aromatic carbocycles. The van der Waals surface area contributed by atoms with Crippen LogP contribution in [-0.4, -0.2) is 16.7 Å². The van der Waals surface area contributed by atoms with Crippen molar-refractivity contribution in [1.82, 2.24) is 10.4 Å². The van der Waals surface area contributed by atoms with Crippen molar-refractivity contribution in [2.75, 3.05) is 0 Å². The third kappa shape index (κ3) is 2.90. The van der Waals surface area contributed by atoms with Crippen LogP contribution in [0, 0.1) is 0 Å². The van der Waals surface area contributed by atoms with E-state index in [9.17, 15) is 4.79 Å². The molecule has 0 aliphatic heterocycles. The molecule has 1 aromatic rings. The smallest absolute Gasteiger partial charge is 0.332 e. The van der Waals surface area contributed by atoms with Crippen molar-refractivity contribution >= 4 is 11.7 Å². The van der Waals surface area contributed by atoms with Gasteiger partial charge in [-0.05, 0) is 13.0 Å². The van der Waals surface area contributed by atoms with Gasteiger partial charge in [0.2, 0.25) is 0 Å². The molecule has 0 radical (unpaired) electrons. The minimum absolute atomic E-state index is 0.659. The fourth-order valence-corrected chi connectivity index (χ4v) is 0.780. The fraction of sp³-hybridized carbons (Fsp3) is 0.125. The average molecular weight is 178 g/mol. The summed E-state index contributed by atoms with van der Waals surface area (Å²) in [5.41, 5.74) is 8.49. The molecular weight excluding hydrogens is 168 g/mol. The molecule has 13 heavy (non-hydrogen) atoms. The van der Waals surface area contributed by atoms with Crippen LogP contribution in [0.2, 0.25) is 0 Å². The quantitative estimate of drug-likeness (QED) is 0.510. The van der Waals surface area contributed by atoms with Crippen LogP contribution in [0.3, 0.4) is 0 Å². The standard InChI is InChI=1S/C8H10N4O/c1-6(11-12-8(9)13)7-3-2-4-10-5-7/h2-5H,1H3,(H3,9,12,13). The van der Waals surface area contributed by atoms with Crippen molar-refractivity contribution in [3.05, 3.63) is 30.1 Å². The topological polar surface area (TPSA) is 80.4 Å². The Balaban J connectivity index is 2.73. The first-order valence-electron chi connectivity index (χ1n) is 3.70. The highest BCUT2D eigenvalue weighted by atomic mass is 16.2. The van der Waals surface area contributed by atoms with E-state index in [0.29, 0.717) is 5.71 Å². The normalized spacial score (nSPS) is 11.0. The molecule has 1 rings (SSSR count). The van der Waals surface area contributed by atoms with E-state index in [0.717, 1.165) is 5.56 Å². The molecular formula is C8H10N4O. The molecule has 1 heterocycles. The summed E-state index contributed by atoms with van der Waals surface area (Å²) in [6, 6.07) is 2.95. The van der Waals surface area contributed by atoms with Crippen LogP contribution >= 0.6 is 0 Å². The summed E-state index contributed by atoms with van der Waals surface area (Å²) >= 11 is 0. The van der Waals surface area contributed by atoms with Gasteiger partial charge in [0.15, 0.2) is 0 Å². The summed E-state index contributed by atoms with van der Waals surface area (Å²) in [5, 5.41) is 3.75. The molecule has 0 unspecified atom stereocenters. The molecule has 68 valence electrons. The molecule has 2 amide bonds. The Kier molecular flexibility index (Phi) is 2.97. The average Bonchev–Trinajstić information content (AvgIpc) is 2.15. The maximum atomic E-state index is 10.3. The monoisotopic (exact) mass is 178 g/mol. The van der Waals surface area contributed by atoms with E-state index in [1.165, 1.54) is 0 Å². The lowest BCUT2D eigenvalue weighted by Crippen LogP contribution is -2.25. The SMILES string of the molecule is CC(=NNC(N)=O)c1cccnc1. The van der Waals surface area contributed by atoms with E-state index < -0.39 is 6.03 Å². The summed E-state index contributed by atoms with van der Waals surface area (Å²) in [6.45, 7) is 1.76. The zero-order valence-electron chi connectivity index (χ0n) is 7.19. The molecule has 0 saturated carbocycles. The Morgan fingerprint density at radius 1 is 1.69 bits per heavy atom. The number of rotatable bonds is 2. The van der Waals surface area contributed by atoms with E-state index in [1.807, 2.05) is 6.07 Å². The van der Waals surface area contributed by atoms with E-state index in [1.54, 1.807) is 25.4 Å². The van der Waals surface area contributed by atoms with Gasteiger partial charge in [-0.25, -0.2) is 10.2 Å². The molecule has 0 bridgehead atoms. The van der Waals surface area contributed by atoms with Crippen LogP contribution in [0.1, 0.15) is 12.5 Å². The molecule has 0 saturated heterocycles. The Hall–Kier alpha value is -1.91. The van der Waals surface area contributed by atoms with Crippen LogP contribution in [0.15, 0.2) is 29.6 Å². The molecule has 0 aliphatic carbocycles. The summed E-state index contributed by atoms with van der Waals surface area (Å²) in [6.07, 6.45) is 3.32. The minimum atomic E-state index is -0.678. The molecule has 5 heteroatoms. The highest BCUT2D eigenvalue weighted by molar-refractivity contribution is 5.98. The molecule has 3 N–H and O–H groups in total. The lowest BCUT2D eigenvalue weighted by Gasteiger charge is -1.98. The zero-order valence-corrected chi connectivity index (χ0v) is 7.19. The first-order chi connectivity index (χ1) is 6.20. The number of pyridine rings is 1. The number of carbonyl (C=O) groups excluding carboxylic acids is 1. The van der Waals surface area contributed by atoms with Gasteiger partial charge in [-0.3, -0.25) is 4.98 Å². The Labute approximate surface area is 75.7 Å². The van der Waals surface area contributed by atoms with Crippen LogP contribution in [-0.2, 0) is 0 Å². The van der Waals surface area contributed by atoms with Crippen molar-refractivity contribution in [3.63, 3.8) is 0 Å². The predicted molar refractivity (Wildman–Crippen MR) is 49.2 cm³/mol. The maximum absolute atomic E-state index is 10.3. The first-order valence-corrected chi connectivity index (χ1v) is 3.70. The molecule has 0 atom stereocenters. The highest BCUT2D eigenvalue weighted by Gasteiger charge is 1.96. The number of hydrogen-bond acceptors (Lipinski definition) is 3. The van der Waals surface area contributed by atoms with Gasteiger partial charge in [0.05, 0.1) is 5.71 Å². The van der Waals surface area contributed by atoms with Crippen molar-refractivity contribution < 1.29 is 4.79 Å². The molecule has 0 fully saturated rings. The van der Waals surface area contributed by atoms with Crippen molar-refractivity contribution in [1.29, 1.82) is 0 Å². The van der Waals surface area contributed by atoms with Gasteiger partial charge in [-0.1, -0.05) is 6.07 Å². The summed E-state index contributed by atoms with van der Waals surface area (Å²) in [5.74, 6) is 0. The predicted octanol–water partition coefficient (Wildman–Crippen LogP) is 0.474. The Bertz CT molecular complexity index is 320. The van der Waals surface area contributed by atoms with Crippen molar-refractivity contribution in [3.8, 4) is 0 Å². The summed E-state index contributed by atoms with van der Waals surface area (Å²) < 4.78 is 0. The number of aromatic nitrogens is 1. The van der Waals surface area contributed by atoms with Crippen LogP contribution in [0.25, 0.3) is 0 Å². The highest BCUT2D eigenvalue weighted by Crippen LogP contribution is 1.96. The van der Waals surface area contributed by atoms with Gasteiger partial charge < -0.3 is 5.73 Å². The number of hydrazone groups is 1. The van der Waals surface area contributed by atoms with Gasteiger partial charge in [-0.2, -0.15) is 5.10 Å². The fourth-order valence-electron chi connectivity index (χ4n) is 0.780. The second-order valence-corrected chi connectivity index (χ2v) is 2.41. The van der Waals surface area contributed by atoms with Crippen molar-refractivity contribution in [2.45, 2.75) is 6.92 Å². The van der Waals surface area contributed by atoms with Crippen LogP contribution in [0.4, 0.5) is 4.79 Å².